The molecule has 3 nitrogen and oxygen atoms in total. The molecule has 5 heteroatoms. The number of alkyl halides is 1. The molecular formula is C12H10Cl2N2O. The van der Waals surface area contributed by atoms with Gasteiger partial charge < -0.3 is 4.74 Å². The lowest BCUT2D eigenvalue weighted by molar-refractivity contribution is 0.290. The Kier molecular flexibility index (Phi) is 4.18. The normalized spacial score (nSPS) is 10.2. The molecule has 1 aromatic heterocycles. The zero-order chi connectivity index (χ0) is 12.1. The number of hydrogen-bond acceptors (Lipinski definition) is 3. The summed E-state index contributed by atoms with van der Waals surface area (Å²) < 4.78 is 5.47. The van der Waals surface area contributed by atoms with Crippen molar-refractivity contribution >= 4 is 23.2 Å². The summed E-state index contributed by atoms with van der Waals surface area (Å²) in [5.41, 5.74) is 1.63. The molecule has 0 aliphatic carbocycles. The molecule has 1 heterocycles. The summed E-state index contributed by atoms with van der Waals surface area (Å²) in [5.74, 6) is 0.802. The van der Waals surface area contributed by atoms with Crippen LogP contribution in [0.1, 0.15) is 11.3 Å². The van der Waals surface area contributed by atoms with E-state index in [1.807, 2.05) is 24.3 Å². The van der Waals surface area contributed by atoms with Gasteiger partial charge in [0.1, 0.15) is 6.61 Å². The van der Waals surface area contributed by atoms with E-state index in [4.69, 9.17) is 27.9 Å². The lowest BCUT2D eigenvalue weighted by Gasteiger charge is -2.06. The molecule has 0 saturated heterocycles. The molecule has 0 spiro atoms. The van der Waals surface area contributed by atoms with Crippen LogP contribution in [-0.4, -0.2) is 10.2 Å². The van der Waals surface area contributed by atoms with Gasteiger partial charge in [0.25, 0.3) is 0 Å². The Morgan fingerprint density at radius 1 is 1.06 bits per heavy atom. The Morgan fingerprint density at radius 3 is 2.53 bits per heavy atom. The number of halogens is 2. The summed E-state index contributed by atoms with van der Waals surface area (Å²) in [6, 6.07) is 11.0. The fourth-order valence-electron chi connectivity index (χ4n) is 1.26. The van der Waals surface area contributed by atoms with Crippen LogP contribution in [0.3, 0.4) is 0 Å². The van der Waals surface area contributed by atoms with E-state index in [1.165, 1.54) is 0 Å². The second-order valence-corrected chi connectivity index (χ2v) is 4.05. The van der Waals surface area contributed by atoms with E-state index in [-0.39, 0.29) is 0 Å². The SMILES string of the molecule is ClCc1ccc(OCc2ccccc2Cl)nn1. The van der Waals surface area contributed by atoms with Gasteiger partial charge in [0.15, 0.2) is 0 Å². The van der Waals surface area contributed by atoms with Crippen LogP contribution < -0.4 is 4.74 Å². The molecule has 0 radical (unpaired) electrons. The zero-order valence-corrected chi connectivity index (χ0v) is 10.4. The first-order chi connectivity index (χ1) is 8.29. The second-order valence-electron chi connectivity index (χ2n) is 3.38. The van der Waals surface area contributed by atoms with Crippen molar-refractivity contribution in [2.75, 3.05) is 0 Å². The summed E-state index contributed by atoms with van der Waals surface area (Å²) in [7, 11) is 0. The van der Waals surface area contributed by atoms with E-state index >= 15 is 0 Å². The lowest BCUT2D eigenvalue weighted by atomic mass is 10.2. The van der Waals surface area contributed by atoms with E-state index < -0.39 is 0 Å². The minimum atomic E-state index is 0.345. The highest BCUT2D eigenvalue weighted by atomic mass is 35.5. The quantitative estimate of drug-likeness (QED) is 0.797. The smallest absolute Gasteiger partial charge is 0.233 e. The molecule has 0 bridgehead atoms. The summed E-state index contributed by atoms with van der Waals surface area (Å²) in [5, 5.41) is 8.47. The van der Waals surface area contributed by atoms with Crippen LogP contribution in [0.25, 0.3) is 0 Å². The van der Waals surface area contributed by atoms with Gasteiger partial charge in [-0.1, -0.05) is 29.8 Å². The van der Waals surface area contributed by atoms with Crippen LogP contribution in [0.4, 0.5) is 0 Å². The van der Waals surface area contributed by atoms with Crippen molar-refractivity contribution in [3.8, 4) is 5.88 Å². The van der Waals surface area contributed by atoms with Gasteiger partial charge in [0, 0.05) is 16.7 Å². The summed E-state index contributed by atoms with van der Waals surface area (Å²) in [4.78, 5) is 0. The van der Waals surface area contributed by atoms with Crippen molar-refractivity contribution in [3.63, 3.8) is 0 Å². The van der Waals surface area contributed by atoms with Crippen LogP contribution in [0, 0.1) is 0 Å². The van der Waals surface area contributed by atoms with Gasteiger partial charge in [0.05, 0.1) is 11.6 Å². The molecule has 1 aromatic carbocycles. The van der Waals surface area contributed by atoms with E-state index in [9.17, 15) is 0 Å². The van der Waals surface area contributed by atoms with E-state index in [0.29, 0.717) is 23.4 Å². The van der Waals surface area contributed by atoms with Crippen molar-refractivity contribution in [1.82, 2.24) is 10.2 Å². The van der Waals surface area contributed by atoms with Gasteiger partial charge >= 0.3 is 0 Å². The first-order valence-electron chi connectivity index (χ1n) is 5.04. The van der Waals surface area contributed by atoms with Gasteiger partial charge in [0.2, 0.25) is 5.88 Å². The third-order valence-electron chi connectivity index (χ3n) is 2.17. The molecule has 0 aliphatic heterocycles. The Hall–Kier alpha value is -1.32. The molecule has 17 heavy (non-hydrogen) atoms. The van der Waals surface area contributed by atoms with Gasteiger partial charge in [-0.25, -0.2) is 0 Å². The van der Waals surface area contributed by atoms with Crippen LogP contribution in [0.2, 0.25) is 5.02 Å². The molecule has 0 amide bonds. The molecule has 2 rings (SSSR count). The van der Waals surface area contributed by atoms with E-state index in [2.05, 4.69) is 10.2 Å². The molecule has 0 fully saturated rings. The number of hydrogen-bond donors (Lipinski definition) is 0. The monoisotopic (exact) mass is 268 g/mol. The minimum Gasteiger partial charge on any atom is -0.472 e. The van der Waals surface area contributed by atoms with Gasteiger partial charge in [-0.2, -0.15) is 5.10 Å². The lowest BCUT2D eigenvalue weighted by Crippen LogP contribution is -1.99. The molecule has 88 valence electrons. The van der Waals surface area contributed by atoms with E-state index in [1.54, 1.807) is 12.1 Å². The van der Waals surface area contributed by atoms with Crippen molar-refractivity contribution in [2.45, 2.75) is 12.5 Å². The molecule has 0 aliphatic rings. The van der Waals surface area contributed by atoms with Crippen LogP contribution in [0.15, 0.2) is 36.4 Å². The van der Waals surface area contributed by atoms with Crippen molar-refractivity contribution in [1.29, 1.82) is 0 Å². The van der Waals surface area contributed by atoms with Gasteiger partial charge in [-0.05, 0) is 12.1 Å². The number of rotatable bonds is 4. The molecule has 0 atom stereocenters. The topological polar surface area (TPSA) is 35.0 Å². The standard InChI is InChI=1S/C12H10Cl2N2O/c13-7-10-5-6-12(16-15-10)17-8-9-3-1-2-4-11(9)14/h1-6H,7-8H2. The average Bonchev–Trinajstić information content (AvgIpc) is 2.38. The van der Waals surface area contributed by atoms with Crippen LogP contribution >= 0.6 is 23.2 Å². The zero-order valence-electron chi connectivity index (χ0n) is 8.94. The Balaban J connectivity index is 2.00. The Bertz CT molecular complexity index is 488. The number of ether oxygens (including phenoxy) is 1. The fourth-order valence-corrected chi connectivity index (χ4v) is 1.60. The maximum absolute atomic E-state index is 6.00. The second kappa shape index (κ2) is 5.84. The van der Waals surface area contributed by atoms with Gasteiger partial charge in [-0.15, -0.1) is 16.7 Å². The third kappa shape index (κ3) is 3.32. The predicted octanol–water partition coefficient (Wildman–Crippen LogP) is 3.45. The first-order valence-corrected chi connectivity index (χ1v) is 5.95. The molecule has 0 saturated carbocycles. The Labute approximate surface area is 109 Å². The molecule has 2 aromatic rings. The summed E-state index contributed by atoms with van der Waals surface area (Å²) in [6.07, 6.45) is 0. The highest BCUT2D eigenvalue weighted by Crippen LogP contribution is 2.17. The fraction of sp³-hybridized carbons (Fsp3) is 0.167. The van der Waals surface area contributed by atoms with Crippen molar-refractivity contribution < 1.29 is 4.74 Å². The van der Waals surface area contributed by atoms with Crippen molar-refractivity contribution in [3.05, 3.63) is 52.7 Å². The molecular weight excluding hydrogens is 259 g/mol. The maximum Gasteiger partial charge on any atom is 0.233 e. The van der Waals surface area contributed by atoms with Crippen LogP contribution in [0.5, 0.6) is 5.88 Å². The minimum absolute atomic E-state index is 0.345. The number of nitrogens with zero attached hydrogens (tertiary/aromatic N) is 2. The molecule has 0 unspecified atom stereocenters. The Morgan fingerprint density at radius 2 is 1.88 bits per heavy atom. The first kappa shape index (κ1) is 12.1. The highest BCUT2D eigenvalue weighted by molar-refractivity contribution is 6.31. The third-order valence-corrected chi connectivity index (χ3v) is 2.81. The maximum atomic E-state index is 6.00. The van der Waals surface area contributed by atoms with E-state index in [0.717, 1.165) is 11.3 Å². The summed E-state index contributed by atoms with van der Waals surface area (Å²) in [6.45, 7) is 0.370. The summed E-state index contributed by atoms with van der Waals surface area (Å²) >= 11 is 11.6. The number of aromatic nitrogens is 2. The van der Waals surface area contributed by atoms with Crippen molar-refractivity contribution in [2.24, 2.45) is 0 Å². The molecule has 0 N–H and O–H groups in total. The van der Waals surface area contributed by atoms with Gasteiger partial charge in [-0.3, -0.25) is 0 Å². The number of benzene rings is 1. The average molecular weight is 269 g/mol. The predicted molar refractivity (Wildman–Crippen MR) is 67.4 cm³/mol. The highest BCUT2D eigenvalue weighted by Gasteiger charge is 2.02. The largest absolute Gasteiger partial charge is 0.472 e. The van der Waals surface area contributed by atoms with Crippen LogP contribution in [-0.2, 0) is 12.5 Å².